The summed E-state index contributed by atoms with van der Waals surface area (Å²) in [6, 6.07) is 4.86. The minimum atomic E-state index is -1.82. The van der Waals surface area contributed by atoms with Crippen molar-refractivity contribution in [2.45, 2.75) is 185 Å². The number of aliphatic hydroxyl groups excluding tert-OH is 2. The number of hydrogen-bond acceptors (Lipinski definition) is 14. The summed E-state index contributed by atoms with van der Waals surface area (Å²) in [5.41, 5.74) is -4.46. The summed E-state index contributed by atoms with van der Waals surface area (Å²) in [6.07, 6.45) is -8.12. The van der Waals surface area contributed by atoms with Gasteiger partial charge in [-0.2, -0.15) is 0 Å². The largest absolute Gasteiger partial charge is 0.483 e. The van der Waals surface area contributed by atoms with E-state index in [2.05, 4.69) is 5.32 Å². The average Bonchev–Trinajstić information content (AvgIpc) is 3.16. The predicted octanol–water partition coefficient (Wildman–Crippen LogP) is 3.78. The molecule has 0 bridgehead atoms. The first-order chi connectivity index (χ1) is 27.0. The molecule has 1 aromatic rings. The first kappa shape index (κ1) is 48.6. The van der Waals surface area contributed by atoms with Crippen LogP contribution >= 0.6 is 0 Å². The van der Waals surface area contributed by atoms with Gasteiger partial charge in [0.25, 0.3) is 0 Å². The summed E-state index contributed by atoms with van der Waals surface area (Å²) in [5, 5.41) is 50.5. The maximum absolute atomic E-state index is 14.4. The van der Waals surface area contributed by atoms with Crippen LogP contribution in [0.25, 0.3) is 0 Å². The Kier molecular flexibility index (Phi) is 16.6. The normalized spacial score (nSPS) is 45.5. The number of carbonyl (C=O) groups excluding carboxylic acids is 1. The van der Waals surface area contributed by atoms with Gasteiger partial charge in [0.15, 0.2) is 18.7 Å². The first-order valence-corrected chi connectivity index (χ1v) is 21.0. The highest BCUT2D eigenvalue weighted by Gasteiger charge is 2.53. The molecule has 3 heterocycles. The van der Waals surface area contributed by atoms with Crippen LogP contribution in [0.5, 0.6) is 5.75 Å². The molecule has 1 aromatic carbocycles. The molecule has 0 amide bonds. The minimum absolute atomic E-state index is 0.113. The molecule has 3 saturated heterocycles. The SMILES string of the molecule is CC[C@H]1OC(=O)[C@H](C)[C@@H](O[C@H]2C[C@@](C)(OC)[C@@H](O)[C@H](C)O2)[C@H](C)[C@@H](O[C@@H]2O[C@H](C)C[C@H](NC)[C@H]2Oc2ccc(F)cc2)[C@](C)(O)C[C@@H](C)CN(C)[C@H](C)[C@@H](O)[C@]1(C)O. The second-order valence-electron chi connectivity index (χ2n) is 18.1. The zero-order chi connectivity index (χ0) is 43.5. The summed E-state index contributed by atoms with van der Waals surface area (Å²) in [6.45, 7) is 18.0. The van der Waals surface area contributed by atoms with E-state index >= 15 is 0 Å². The molecule has 0 spiro atoms. The van der Waals surface area contributed by atoms with Gasteiger partial charge in [-0.3, -0.25) is 4.79 Å². The molecule has 0 radical (unpaired) electrons. The fourth-order valence-corrected chi connectivity index (χ4v) is 9.32. The third-order valence-corrected chi connectivity index (χ3v) is 13.0. The monoisotopic (exact) mass is 829 g/mol. The highest BCUT2D eigenvalue weighted by Crippen LogP contribution is 2.40. The minimum Gasteiger partial charge on any atom is -0.483 e. The van der Waals surface area contributed by atoms with Crippen molar-refractivity contribution in [3.05, 3.63) is 30.1 Å². The van der Waals surface area contributed by atoms with Gasteiger partial charge in [-0.15, -0.1) is 0 Å². The fourth-order valence-electron chi connectivity index (χ4n) is 9.32. The zero-order valence-corrected chi connectivity index (χ0v) is 36.9. The van der Waals surface area contributed by atoms with Crippen LogP contribution < -0.4 is 10.1 Å². The number of methoxy groups -OCH3 is 1. The molecule has 15 heteroatoms. The Labute approximate surface area is 345 Å². The van der Waals surface area contributed by atoms with E-state index in [1.165, 1.54) is 38.3 Å². The average molecular weight is 829 g/mol. The number of nitrogens with one attached hydrogen (secondary N) is 1. The third kappa shape index (κ3) is 11.1. The molecule has 14 nitrogen and oxygen atoms in total. The summed E-state index contributed by atoms with van der Waals surface area (Å²) in [4.78, 5) is 16.3. The van der Waals surface area contributed by atoms with Crippen LogP contribution in [-0.4, -0.2) is 149 Å². The predicted molar refractivity (Wildman–Crippen MR) is 214 cm³/mol. The number of cyclic esters (lactones) is 1. The number of likely N-dealkylation sites (N-methyl/N-ethyl adjacent to an activating group) is 2. The van der Waals surface area contributed by atoms with Crippen LogP contribution in [0.15, 0.2) is 24.3 Å². The van der Waals surface area contributed by atoms with E-state index in [0.29, 0.717) is 18.7 Å². The highest BCUT2D eigenvalue weighted by atomic mass is 19.1. The van der Waals surface area contributed by atoms with Crippen LogP contribution in [0.4, 0.5) is 4.39 Å². The molecular formula is C43H73FN2O12. The Balaban J connectivity index is 1.85. The van der Waals surface area contributed by atoms with Crippen LogP contribution in [0.3, 0.4) is 0 Å². The molecule has 0 saturated carbocycles. The van der Waals surface area contributed by atoms with E-state index < -0.39 is 102 Å². The van der Waals surface area contributed by atoms with E-state index in [1.54, 1.807) is 41.5 Å². The quantitative estimate of drug-likeness (QED) is 0.227. The van der Waals surface area contributed by atoms with Gasteiger partial charge in [0.1, 0.15) is 35.5 Å². The Hall–Kier alpha value is -2.02. The van der Waals surface area contributed by atoms with Gasteiger partial charge in [-0.1, -0.05) is 20.8 Å². The van der Waals surface area contributed by atoms with Gasteiger partial charge in [-0.05, 0) is 112 Å². The number of ether oxygens (including phenoxy) is 7. The number of nitrogens with zero attached hydrogens (tertiary/aromatic N) is 1. The molecule has 5 N–H and O–H groups in total. The second-order valence-corrected chi connectivity index (χ2v) is 18.1. The van der Waals surface area contributed by atoms with E-state index in [0.717, 1.165) is 0 Å². The van der Waals surface area contributed by atoms with Crippen LogP contribution in [0.2, 0.25) is 0 Å². The van der Waals surface area contributed by atoms with Crippen molar-refractivity contribution in [1.82, 2.24) is 10.2 Å². The van der Waals surface area contributed by atoms with Crippen molar-refractivity contribution in [1.29, 1.82) is 0 Å². The summed E-state index contributed by atoms with van der Waals surface area (Å²) in [7, 11) is 5.16. The van der Waals surface area contributed by atoms with E-state index in [9.17, 15) is 29.6 Å². The number of rotatable bonds is 9. The molecule has 18 atom stereocenters. The molecule has 3 fully saturated rings. The number of benzene rings is 1. The molecule has 3 aliphatic heterocycles. The maximum atomic E-state index is 14.4. The Bertz CT molecular complexity index is 1450. The smallest absolute Gasteiger partial charge is 0.311 e. The van der Waals surface area contributed by atoms with Crippen molar-refractivity contribution in [2.24, 2.45) is 17.8 Å². The van der Waals surface area contributed by atoms with Crippen molar-refractivity contribution in [2.75, 3.05) is 27.7 Å². The van der Waals surface area contributed by atoms with Gasteiger partial charge in [0.05, 0.1) is 47.6 Å². The molecule has 4 rings (SSSR count). The lowest BCUT2D eigenvalue weighted by atomic mass is 9.77. The second kappa shape index (κ2) is 19.8. The van der Waals surface area contributed by atoms with Gasteiger partial charge in [-0.25, -0.2) is 4.39 Å². The van der Waals surface area contributed by atoms with Gasteiger partial charge in [0, 0.05) is 32.0 Å². The zero-order valence-electron chi connectivity index (χ0n) is 36.9. The standard InChI is InChI=1S/C43H73FN2O12/c1-14-32-43(10,51)36(47)27(6)46(12)22-23(2)20-41(8,50)38(58-40-35(31(45-11)19-24(3)53-40)55-30-17-15-29(44)16-18-30)25(4)34(26(5)39(49)56-32)57-33-21-42(9,52-13)37(48)28(7)54-33/h15-18,23-28,31-38,40,45,47-48,50-51H,14,19-22H2,1-13H3/t23-,24-,25+,26-,27-,28+,31+,32-,33+,34+,35-,36-,37+,38-,40+,41-,42-,43-/m1/s1. The summed E-state index contributed by atoms with van der Waals surface area (Å²) >= 11 is 0. The Morgan fingerprint density at radius 1 is 0.948 bits per heavy atom. The van der Waals surface area contributed by atoms with E-state index in [4.69, 9.17) is 33.2 Å². The maximum Gasteiger partial charge on any atom is 0.311 e. The highest BCUT2D eigenvalue weighted by molar-refractivity contribution is 5.73. The van der Waals surface area contributed by atoms with Gasteiger partial charge >= 0.3 is 5.97 Å². The number of carbonyl (C=O) groups is 1. The lowest BCUT2D eigenvalue weighted by Crippen LogP contribution is -2.61. The first-order valence-electron chi connectivity index (χ1n) is 21.0. The van der Waals surface area contributed by atoms with Crippen LogP contribution in [0.1, 0.15) is 94.9 Å². The number of halogens is 1. The molecular weight excluding hydrogens is 755 g/mol. The van der Waals surface area contributed by atoms with Crippen molar-refractivity contribution in [3.8, 4) is 5.75 Å². The van der Waals surface area contributed by atoms with Crippen molar-refractivity contribution < 1.29 is 62.8 Å². The molecule has 0 aromatic heterocycles. The molecule has 3 aliphatic rings. The number of esters is 1. The van der Waals surface area contributed by atoms with Crippen LogP contribution in [0, 0.1) is 23.6 Å². The summed E-state index contributed by atoms with van der Waals surface area (Å²) < 4.78 is 58.7. The Morgan fingerprint density at radius 3 is 2.17 bits per heavy atom. The molecule has 58 heavy (non-hydrogen) atoms. The van der Waals surface area contributed by atoms with Crippen molar-refractivity contribution >= 4 is 5.97 Å². The molecule has 0 aliphatic carbocycles. The third-order valence-electron chi connectivity index (χ3n) is 13.0. The summed E-state index contributed by atoms with van der Waals surface area (Å²) in [5.74, 6) is -2.70. The van der Waals surface area contributed by atoms with Crippen LogP contribution in [-0.2, 0) is 33.2 Å². The fraction of sp³-hybridized carbons (Fsp3) is 0.837. The lowest BCUT2D eigenvalue weighted by molar-refractivity contribution is -0.314. The van der Waals surface area contributed by atoms with E-state index in [1.807, 2.05) is 39.8 Å². The lowest BCUT2D eigenvalue weighted by Gasteiger charge is -2.48. The Morgan fingerprint density at radius 2 is 1.59 bits per heavy atom. The van der Waals surface area contributed by atoms with E-state index in [-0.39, 0.29) is 37.3 Å². The van der Waals surface area contributed by atoms with Gasteiger partial charge < -0.3 is 63.8 Å². The topological polar surface area (TPSA) is 178 Å². The number of aliphatic hydroxyl groups is 4. The number of hydrogen-bond donors (Lipinski definition) is 5. The van der Waals surface area contributed by atoms with Gasteiger partial charge in [0.2, 0.25) is 0 Å². The molecule has 0 unspecified atom stereocenters. The van der Waals surface area contributed by atoms with Crippen molar-refractivity contribution in [3.63, 3.8) is 0 Å². The molecule has 334 valence electrons.